The van der Waals surface area contributed by atoms with E-state index in [4.69, 9.17) is 23.8 Å². The first-order valence-electron chi connectivity index (χ1n) is 22.2. The van der Waals surface area contributed by atoms with Gasteiger partial charge in [0.05, 0.1) is 11.0 Å². The van der Waals surface area contributed by atoms with Crippen LogP contribution in [0.2, 0.25) is 0 Å². The summed E-state index contributed by atoms with van der Waals surface area (Å²) in [6.07, 6.45) is 0. The number of hydrogen-bond acceptors (Lipinski definition) is 5. The Morgan fingerprint density at radius 3 is 1.72 bits per heavy atom. The maximum atomic E-state index is 6.63. The third-order valence-electron chi connectivity index (χ3n) is 12.8. The first-order valence-corrected chi connectivity index (χ1v) is 22.2. The van der Waals surface area contributed by atoms with Crippen molar-refractivity contribution >= 4 is 98.0 Å². The SMILES string of the molecule is CC.c1ccc2cc(-c3nc(-c4ccc5c(c4)oc4ccccc45)nc(-n4c5ccc6ccccc6c5c5cccc(-c6ccc7c(c6)oc6ccc8ccccc8c67)c54)n3)ccc2c1. The molecule has 0 aliphatic heterocycles. The Kier molecular flexibility index (Phi) is 8.24. The van der Waals surface area contributed by atoms with Crippen LogP contribution in [0.15, 0.2) is 203 Å². The van der Waals surface area contributed by atoms with E-state index >= 15 is 0 Å². The van der Waals surface area contributed by atoms with Gasteiger partial charge in [0, 0.05) is 49.0 Å². The molecule has 14 rings (SSSR count). The molecule has 0 aliphatic rings. The molecule has 65 heavy (non-hydrogen) atoms. The van der Waals surface area contributed by atoms with Crippen LogP contribution >= 0.6 is 0 Å². The summed E-state index contributed by atoms with van der Waals surface area (Å²) in [7, 11) is 0. The standard InChI is InChI=1S/C57H32N4O2.C2H6/c1-2-13-36-30-38(21-20-33(36)10-1)55-58-56(39-23-26-44-43-16-7-8-19-48(43)62-50(44)32-39)60-57(59-55)61-47-28-24-34-11-3-5-14-40(34)52(47)46-18-9-17-42(54(46)61)37-22-27-45-51(31-37)63-49-29-25-35-12-4-6-15-41(35)53(45)49;1-2/h1-32H;1-2H3. The van der Waals surface area contributed by atoms with Crippen molar-refractivity contribution in [3.8, 4) is 39.9 Å². The summed E-state index contributed by atoms with van der Waals surface area (Å²) in [4.78, 5) is 16.0. The summed E-state index contributed by atoms with van der Waals surface area (Å²) >= 11 is 0. The van der Waals surface area contributed by atoms with Gasteiger partial charge in [-0.05, 0) is 86.4 Å². The molecule has 0 bridgehead atoms. The number of rotatable bonds is 4. The van der Waals surface area contributed by atoms with Gasteiger partial charge in [0.1, 0.15) is 22.3 Å². The minimum atomic E-state index is 0.520. The molecule has 0 amide bonds. The van der Waals surface area contributed by atoms with Gasteiger partial charge in [0.25, 0.3) is 0 Å². The van der Waals surface area contributed by atoms with Gasteiger partial charge in [0.2, 0.25) is 5.95 Å². The van der Waals surface area contributed by atoms with Gasteiger partial charge < -0.3 is 8.83 Å². The molecule has 4 aromatic heterocycles. The molecule has 0 atom stereocenters. The molecule has 0 saturated carbocycles. The van der Waals surface area contributed by atoms with Gasteiger partial charge in [-0.25, -0.2) is 4.98 Å². The molecule has 6 heteroatoms. The van der Waals surface area contributed by atoms with E-state index in [9.17, 15) is 0 Å². The third kappa shape index (κ3) is 5.70. The molecule has 6 nitrogen and oxygen atoms in total. The zero-order valence-corrected chi connectivity index (χ0v) is 35.6. The van der Waals surface area contributed by atoms with E-state index in [1.54, 1.807) is 0 Å². The Balaban J connectivity index is 0.00000209. The Morgan fingerprint density at radius 1 is 0.354 bits per heavy atom. The summed E-state index contributed by atoms with van der Waals surface area (Å²) in [6.45, 7) is 4.00. The Morgan fingerprint density at radius 2 is 0.908 bits per heavy atom. The summed E-state index contributed by atoms with van der Waals surface area (Å²) in [5.74, 6) is 1.65. The van der Waals surface area contributed by atoms with Crippen LogP contribution < -0.4 is 0 Å². The van der Waals surface area contributed by atoms with Crippen molar-refractivity contribution < 1.29 is 8.83 Å². The van der Waals surface area contributed by atoms with Crippen LogP contribution in [0.25, 0.3) is 138 Å². The minimum absolute atomic E-state index is 0.520. The van der Waals surface area contributed by atoms with Gasteiger partial charge >= 0.3 is 0 Å². The van der Waals surface area contributed by atoms with Gasteiger partial charge in [-0.1, -0.05) is 159 Å². The lowest BCUT2D eigenvalue weighted by molar-refractivity contribution is 0.668. The molecule has 0 radical (unpaired) electrons. The van der Waals surface area contributed by atoms with Crippen LogP contribution in [-0.2, 0) is 0 Å². The first-order chi connectivity index (χ1) is 32.2. The van der Waals surface area contributed by atoms with E-state index < -0.39 is 0 Å². The summed E-state index contributed by atoms with van der Waals surface area (Å²) in [5, 5.41) is 13.6. The molecule has 10 aromatic carbocycles. The van der Waals surface area contributed by atoms with Crippen molar-refractivity contribution in [2.24, 2.45) is 0 Å². The van der Waals surface area contributed by atoms with Crippen LogP contribution in [-0.4, -0.2) is 19.5 Å². The van der Waals surface area contributed by atoms with E-state index in [-0.39, 0.29) is 0 Å². The summed E-state index contributed by atoms with van der Waals surface area (Å²) < 4.78 is 15.3. The number of benzene rings is 10. The molecular formula is C59H38N4O2. The Bertz CT molecular complexity index is 4230. The van der Waals surface area contributed by atoms with Crippen molar-refractivity contribution in [1.29, 1.82) is 0 Å². The number of hydrogen-bond donors (Lipinski definition) is 0. The lowest BCUT2D eigenvalue weighted by Gasteiger charge is -2.13. The number of para-hydroxylation sites is 2. The second-order valence-corrected chi connectivity index (χ2v) is 16.3. The van der Waals surface area contributed by atoms with E-state index in [1.807, 2.05) is 32.0 Å². The largest absolute Gasteiger partial charge is 0.456 e. The molecule has 0 aliphatic carbocycles. The highest BCUT2D eigenvalue weighted by Crippen LogP contribution is 2.43. The number of aromatic nitrogens is 4. The number of furan rings is 2. The lowest BCUT2D eigenvalue weighted by Crippen LogP contribution is -2.07. The average Bonchev–Trinajstić information content (AvgIpc) is 4.06. The van der Waals surface area contributed by atoms with Crippen molar-refractivity contribution in [1.82, 2.24) is 19.5 Å². The highest BCUT2D eigenvalue weighted by molar-refractivity contribution is 6.24. The van der Waals surface area contributed by atoms with Crippen molar-refractivity contribution in [2.45, 2.75) is 13.8 Å². The Labute approximate surface area is 372 Å². The van der Waals surface area contributed by atoms with E-state index in [0.29, 0.717) is 17.6 Å². The second kappa shape index (κ2) is 14.5. The van der Waals surface area contributed by atoms with Crippen LogP contribution in [0, 0.1) is 0 Å². The third-order valence-corrected chi connectivity index (χ3v) is 12.8. The molecule has 0 unspecified atom stereocenters. The van der Waals surface area contributed by atoms with Gasteiger partial charge in [-0.3, -0.25) is 4.57 Å². The topological polar surface area (TPSA) is 69.9 Å². The predicted molar refractivity (Wildman–Crippen MR) is 269 cm³/mol. The molecule has 0 saturated heterocycles. The zero-order chi connectivity index (χ0) is 43.2. The van der Waals surface area contributed by atoms with Gasteiger partial charge in [-0.15, -0.1) is 0 Å². The minimum Gasteiger partial charge on any atom is -0.456 e. The molecular weight excluding hydrogens is 797 g/mol. The quantitative estimate of drug-likeness (QED) is 0.177. The number of fused-ring (bicyclic) bond motifs is 14. The smallest absolute Gasteiger partial charge is 0.238 e. The monoisotopic (exact) mass is 834 g/mol. The van der Waals surface area contributed by atoms with Crippen molar-refractivity contribution in [3.63, 3.8) is 0 Å². The molecule has 0 spiro atoms. The predicted octanol–water partition coefficient (Wildman–Crippen LogP) is 16.3. The van der Waals surface area contributed by atoms with Crippen LogP contribution in [0.1, 0.15) is 13.8 Å². The Hall–Kier alpha value is -8.61. The fourth-order valence-electron chi connectivity index (χ4n) is 9.91. The van der Waals surface area contributed by atoms with Gasteiger partial charge in [-0.2, -0.15) is 9.97 Å². The second-order valence-electron chi connectivity index (χ2n) is 16.3. The van der Waals surface area contributed by atoms with Crippen LogP contribution in [0.5, 0.6) is 0 Å². The average molecular weight is 835 g/mol. The van der Waals surface area contributed by atoms with Crippen LogP contribution in [0.3, 0.4) is 0 Å². The number of nitrogens with zero attached hydrogens (tertiary/aromatic N) is 4. The maximum Gasteiger partial charge on any atom is 0.238 e. The van der Waals surface area contributed by atoms with Crippen LogP contribution in [0.4, 0.5) is 0 Å². The highest BCUT2D eigenvalue weighted by Gasteiger charge is 2.23. The summed E-state index contributed by atoms with van der Waals surface area (Å²) in [5.41, 5.74) is 9.15. The first kappa shape index (κ1) is 37.0. The van der Waals surface area contributed by atoms with Gasteiger partial charge in [0.15, 0.2) is 11.6 Å². The molecule has 4 heterocycles. The van der Waals surface area contributed by atoms with Crippen molar-refractivity contribution in [3.05, 3.63) is 194 Å². The maximum absolute atomic E-state index is 6.63. The fourth-order valence-corrected chi connectivity index (χ4v) is 9.91. The van der Waals surface area contributed by atoms with E-state index in [0.717, 1.165) is 109 Å². The molecule has 0 fully saturated rings. The van der Waals surface area contributed by atoms with Crippen molar-refractivity contribution in [2.75, 3.05) is 0 Å². The van der Waals surface area contributed by atoms with E-state index in [2.05, 4.69) is 180 Å². The lowest BCUT2D eigenvalue weighted by atomic mass is 9.98. The van der Waals surface area contributed by atoms with E-state index in [1.165, 1.54) is 10.8 Å². The fraction of sp³-hybridized carbons (Fsp3) is 0.0339. The normalized spacial score (nSPS) is 11.8. The summed E-state index contributed by atoms with van der Waals surface area (Å²) in [6, 6.07) is 68.0. The zero-order valence-electron chi connectivity index (χ0n) is 35.6. The molecule has 0 N–H and O–H groups in total. The highest BCUT2D eigenvalue weighted by atomic mass is 16.3. The molecule has 306 valence electrons. The molecule has 14 aromatic rings.